The Kier molecular flexibility index (Phi) is 12.4. The van der Waals surface area contributed by atoms with Crippen LogP contribution in [0, 0.1) is 5.92 Å². The predicted molar refractivity (Wildman–Crippen MR) is 100 cm³/mol. The molecule has 1 saturated heterocycles. The largest absolute Gasteiger partial charge is 0.382 e. The molecule has 0 aromatic carbocycles. The van der Waals surface area contributed by atoms with Crippen molar-refractivity contribution >= 4 is 29.9 Å². The molecule has 5 nitrogen and oxygen atoms in total. The van der Waals surface area contributed by atoms with Crippen molar-refractivity contribution in [1.29, 1.82) is 0 Å². The smallest absolute Gasteiger partial charge is 0.188 e. The first-order valence-corrected chi connectivity index (χ1v) is 7.99. The third-order valence-corrected chi connectivity index (χ3v) is 3.81. The molecule has 1 fully saturated rings. The lowest BCUT2D eigenvalue weighted by Gasteiger charge is -2.34. The van der Waals surface area contributed by atoms with Crippen LogP contribution in [0.5, 0.6) is 0 Å². The molecule has 0 radical (unpaired) electrons. The number of likely N-dealkylation sites (tertiary alicyclic amines) is 1. The maximum atomic E-state index is 5.87. The Morgan fingerprint density at radius 2 is 2.29 bits per heavy atom. The SMILES string of the molecule is CCOCCCNC(N)=NCC(C)N1CCCC(C)C1.I. The Labute approximate surface area is 147 Å². The zero-order valence-electron chi connectivity index (χ0n) is 13.8. The number of ether oxygens (including phenoxy) is 1. The van der Waals surface area contributed by atoms with Crippen LogP contribution in [0.4, 0.5) is 0 Å². The summed E-state index contributed by atoms with van der Waals surface area (Å²) in [5.74, 6) is 1.36. The number of halogens is 1. The molecule has 21 heavy (non-hydrogen) atoms. The number of nitrogens with one attached hydrogen (secondary N) is 1. The van der Waals surface area contributed by atoms with Crippen LogP contribution in [0.25, 0.3) is 0 Å². The maximum absolute atomic E-state index is 5.87. The zero-order chi connectivity index (χ0) is 14.8. The van der Waals surface area contributed by atoms with E-state index in [9.17, 15) is 0 Å². The average molecular weight is 412 g/mol. The molecule has 6 heteroatoms. The first kappa shape index (κ1) is 20.9. The van der Waals surface area contributed by atoms with Gasteiger partial charge in [-0.05, 0) is 45.6 Å². The number of hydrogen-bond acceptors (Lipinski definition) is 3. The van der Waals surface area contributed by atoms with Crippen LogP contribution in [-0.4, -0.2) is 56.3 Å². The first-order chi connectivity index (χ1) is 9.63. The van der Waals surface area contributed by atoms with Gasteiger partial charge in [-0.1, -0.05) is 6.92 Å². The highest BCUT2D eigenvalue weighted by atomic mass is 127. The summed E-state index contributed by atoms with van der Waals surface area (Å²) in [4.78, 5) is 6.97. The third kappa shape index (κ3) is 9.52. The fourth-order valence-electron chi connectivity index (χ4n) is 2.56. The molecule has 2 unspecified atom stereocenters. The quantitative estimate of drug-likeness (QED) is 0.277. The normalized spacial score (nSPS) is 21.7. The van der Waals surface area contributed by atoms with E-state index in [1.165, 1.54) is 25.9 Å². The molecule has 1 rings (SSSR count). The van der Waals surface area contributed by atoms with Crippen LogP contribution in [0.15, 0.2) is 4.99 Å². The molecule has 0 aromatic heterocycles. The minimum atomic E-state index is 0. The molecule has 0 bridgehead atoms. The number of guanidine groups is 1. The molecule has 0 amide bonds. The Balaban J connectivity index is 0.00000400. The van der Waals surface area contributed by atoms with Gasteiger partial charge in [0.15, 0.2) is 5.96 Å². The van der Waals surface area contributed by atoms with E-state index in [0.717, 1.165) is 38.6 Å². The second-order valence-corrected chi connectivity index (χ2v) is 5.79. The molecule has 0 aliphatic carbocycles. The number of rotatable bonds is 8. The second kappa shape index (κ2) is 12.5. The van der Waals surface area contributed by atoms with Crippen molar-refractivity contribution in [3.63, 3.8) is 0 Å². The minimum absolute atomic E-state index is 0. The van der Waals surface area contributed by atoms with Crippen molar-refractivity contribution in [1.82, 2.24) is 10.2 Å². The van der Waals surface area contributed by atoms with E-state index in [4.69, 9.17) is 10.5 Å². The molecular formula is C15H33IN4O. The third-order valence-electron chi connectivity index (χ3n) is 3.81. The van der Waals surface area contributed by atoms with Crippen LogP contribution >= 0.6 is 24.0 Å². The van der Waals surface area contributed by atoms with E-state index in [1.54, 1.807) is 0 Å². The van der Waals surface area contributed by atoms with Crippen molar-refractivity contribution in [2.45, 2.75) is 46.1 Å². The monoisotopic (exact) mass is 412 g/mol. The highest BCUT2D eigenvalue weighted by Crippen LogP contribution is 2.17. The Morgan fingerprint density at radius 1 is 1.52 bits per heavy atom. The molecule has 1 heterocycles. The van der Waals surface area contributed by atoms with Gasteiger partial charge in [0.2, 0.25) is 0 Å². The number of nitrogens with zero attached hydrogens (tertiary/aromatic N) is 2. The number of nitrogens with two attached hydrogens (primary N) is 1. The van der Waals surface area contributed by atoms with Gasteiger partial charge < -0.3 is 15.8 Å². The van der Waals surface area contributed by atoms with Gasteiger partial charge in [0.05, 0.1) is 6.54 Å². The summed E-state index contributed by atoms with van der Waals surface area (Å²) < 4.78 is 5.28. The van der Waals surface area contributed by atoms with Gasteiger partial charge in [0.25, 0.3) is 0 Å². The van der Waals surface area contributed by atoms with Gasteiger partial charge in [0, 0.05) is 32.3 Å². The summed E-state index contributed by atoms with van der Waals surface area (Å²) >= 11 is 0. The van der Waals surface area contributed by atoms with Crippen molar-refractivity contribution < 1.29 is 4.74 Å². The predicted octanol–water partition coefficient (Wildman–Crippen LogP) is 2.06. The summed E-state index contributed by atoms with van der Waals surface area (Å²) in [6, 6.07) is 0.474. The summed E-state index contributed by atoms with van der Waals surface area (Å²) in [6.07, 6.45) is 3.62. The number of piperidine rings is 1. The van der Waals surface area contributed by atoms with E-state index in [-0.39, 0.29) is 24.0 Å². The maximum Gasteiger partial charge on any atom is 0.188 e. The molecule has 3 N–H and O–H groups in total. The van der Waals surface area contributed by atoms with Crippen LogP contribution in [-0.2, 0) is 4.74 Å². The lowest BCUT2D eigenvalue weighted by molar-refractivity contribution is 0.142. The van der Waals surface area contributed by atoms with E-state index in [1.807, 2.05) is 6.92 Å². The van der Waals surface area contributed by atoms with Crippen molar-refractivity contribution in [3.05, 3.63) is 0 Å². The molecular weight excluding hydrogens is 379 g/mol. The Morgan fingerprint density at radius 3 is 2.95 bits per heavy atom. The topological polar surface area (TPSA) is 62.9 Å². The van der Waals surface area contributed by atoms with Crippen LogP contribution in [0.3, 0.4) is 0 Å². The summed E-state index contributed by atoms with van der Waals surface area (Å²) in [6.45, 7) is 12.1. The first-order valence-electron chi connectivity index (χ1n) is 7.99. The number of hydrogen-bond donors (Lipinski definition) is 2. The second-order valence-electron chi connectivity index (χ2n) is 5.79. The fourth-order valence-corrected chi connectivity index (χ4v) is 2.56. The molecule has 0 aromatic rings. The summed E-state index contributed by atoms with van der Waals surface area (Å²) in [7, 11) is 0. The average Bonchev–Trinajstić information content (AvgIpc) is 2.44. The van der Waals surface area contributed by atoms with Gasteiger partial charge in [-0.2, -0.15) is 0 Å². The Hall–Kier alpha value is -0.0800. The molecule has 2 atom stereocenters. The Bertz CT molecular complexity index is 289. The van der Waals surface area contributed by atoms with Gasteiger partial charge in [-0.25, -0.2) is 0 Å². The van der Waals surface area contributed by atoms with Gasteiger partial charge in [-0.3, -0.25) is 9.89 Å². The van der Waals surface area contributed by atoms with Crippen LogP contribution in [0.1, 0.15) is 40.0 Å². The standard InChI is InChI=1S/C15H32N4O.HI/c1-4-20-10-6-8-17-15(16)18-11-14(3)19-9-5-7-13(2)12-19;/h13-14H,4-12H2,1-3H3,(H3,16,17,18);1H. The van der Waals surface area contributed by atoms with E-state index >= 15 is 0 Å². The summed E-state index contributed by atoms with van der Waals surface area (Å²) in [5.41, 5.74) is 5.87. The molecule has 126 valence electrons. The van der Waals surface area contributed by atoms with E-state index in [0.29, 0.717) is 12.0 Å². The summed E-state index contributed by atoms with van der Waals surface area (Å²) in [5, 5.41) is 3.14. The van der Waals surface area contributed by atoms with Crippen molar-refractivity contribution in [2.24, 2.45) is 16.6 Å². The molecule has 1 aliphatic heterocycles. The van der Waals surface area contributed by atoms with Gasteiger partial charge in [-0.15, -0.1) is 24.0 Å². The minimum Gasteiger partial charge on any atom is -0.382 e. The van der Waals surface area contributed by atoms with Crippen LogP contribution in [0.2, 0.25) is 0 Å². The number of aliphatic imine (C=N–C) groups is 1. The van der Waals surface area contributed by atoms with Gasteiger partial charge >= 0.3 is 0 Å². The zero-order valence-corrected chi connectivity index (χ0v) is 16.1. The lowest BCUT2D eigenvalue weighted by atomic mass is 9.99. The fraction of sp³-hybridized carbons (Fsp3) is 0.933. The molecule has 1 aliphatic rings. The van der Waals surface area contributed by atoms with Crippen molar-refractivity contribution in [2.75, 3.05) is 39.4 Å². The molecule has 0 spiro atoms. The lowest BCUT2D eigenvalue weighted by Crippen LogP contribution is -2.43. The highest BCUT2D eigenvalue weighted by Gasteiger charge is 2.20. The van der Waals surface area contributed by atoms with Gasteiger partial charge in [0.1, 0.15) is 0 Å². The van der Waals surface area contributed by atoms with E-state index in [2.05, 4.69) is 29.1 Å². The van der Waals surface area contributed by atoms with Crippen molar-refractivity contribution in [3.8, 4) is 0 Å². The molecule has 0 saturated carbocycles. The van der Waals surface area contributed by atoms with Crippen LogP contribution < -0.4 is 11.1 Å². The van der Waals surface area contributed by atoms with E-state index < -0.39 is 0 Å². The highest BCUT2D eigenvalue weighted by molar-refractivity contribution is 14.0.